The van der Waals surface area contributed by atoms with Crippen molar-refractivity contribution in [3.63, 3.8) is 0 Å². The number of rotatable bonds is 6. The third-order valence-electron chi connectivity index (χ3n) is 3.89. The Labute approximate surface area is 162 Å². The van der Waals surface area contributed by atoms with Crippen molar-refractivity contribution in [2.24, 2.45) is 0 Å². The van der Waals surface area contributed by atoms with Gasteiger partial charge >= 0.3 is 0 Å². The maximum Gasteiger partial charge on any atom is 0.234 e. The quantitative estimate of drug-likeness (QED) is 0.715. The lowest BCUT2D eigenvalue weighted by atomic mass is 9.83. The van der Waals surface area contributed by atoms with Gasteiger partial charge in [0.15, 0.2) is 0 Å². The van der Waals surface area contributed by atoms with E-state index in [0.29, 0.717) is 17.1 Å². The summed E-state index contributed by atoms with van der Waals surface area (Å²) >= 11 is 3.38. The van der Waals surface area contributed by atoms with Gasteiger partial charge in [-0.15, -0.1) is 0 Å². The minimum Gasteiger partial charge on any atom is -0.494 e. The van der Waals surface area contributed by atoms with Crippen molar-refractivity contribution in [2.45, 2.75) is 19.3 Å². The maximum absolute atomic E-state index is 12.8. The number of hydrogen-bond donors (Lipinski definition) is 2. The average molecular weight is 441 g/mol. The van der Waals surface area contributed by atoms with Gasteiger partial charge in [-0.05, 0) is 43.7 Å². The van der Waals surface area contributed by atoms with Crippen LogP contribution in [0.4, 0.5) is 11.4 Å². The number of carbonyl (C=O) groups is 1. The highest BCUT2D eigenvalue weighted by Gasteiger charge is 2.30. The first-order chi connectivity index (χ1) is 12.0. The number of halogens is 1. The smallest absolute Gasteiger partial charge is 0.234 e. The van der Waals surface area contributed by atoms with Gasteiger partial charge < -0.3 is 10.1 Å². The molecule has 140 valence electrons. The summed E-state index contributed by atoms with van der Waals surface area (Å²) in [6, 6.07) is 12.3. The van der Waals surface area contributed by atoms with Gasteiger partial charge in [-0.1, -0.05) is 28.1 Å². The Balaban J connectivity index is 2.24. The molecule has 0 spiro atoms. The fourth-order valence-electron chi connectivity index (χ4n) is 2.34. The number of methoxy groups -OCH3 is 1. The van der Waals surface area contributed by atoms with E-state index in [9.17, 15) is 13.2 Å². The van der Waals surface area contributed by atoms with E-state index >= 15 is 0 Å². The summed E-state index contributed by atoms with van der Waals surface area (Å²) in [6.07, 6.45) is 1.06. The molecule has 2 N–H and O–H groups in total. The molecule has 2 rings (SSSR count). The Morgan fingerprint density at radius 3 is 2.27 bits per heavy atom. The minimum atomic E-state index is -3.43. The molecule has 1 amide bonds. The zero-order valence-corrected chi connectivity index (χ0v) is 17.4. The molecule has 2 aromatic rings. The van der Waals surface area contributed by atoms with Gasteiger partial charge in [0, 0.05) is 16.2 Å². The number of hydrogen-bond acceptors (Lipinski definition) is 4. The van der Waals surface area contributed by atoms with Gasteiger partial charge in [0.25, 0.3) is 0 Å². The fourth-order valence-corrected chi connectivity index (χ4v) is 3.17. The molecule has 0 saturated carbocycles. The lowest BCUT2D eigenvalue weighted by Gasteiger charge is -2.24. The van der Waals surface area contributed by atoms with Crippen LogP contribution in [0.3, 0.4) is 0 Å². The van der Waals surface area contributed by atoms with Crippen LogP contribution in [-0.4, -0.2) is 27.7 Å². The summed E-state index contributed by atoms with van der Waals surface area (Å²) in [5.41, 5.74) is 0.939. The highest BCUT2D eigenvalue weighted by molar-refractivity contribution is 9.10. The SMILES string of the molecule is COc1cc(NC(=O)C(C)(C)c2ccc(Br)cc2)ccc1NS(C)(=O)=O. The van der Waals surface area contributed by atoms with Crippen molar-refractivity contribution < 1.29 is 17.9 Å². The monoisotopic (exact) mass is 440 g/mol. The Kier molecular flexibility index (Phi) is 5.98. The average Bonchev–Trinajstić information content (AvgIpc) is 2.55. The van der Waals surface area contributed by atoms with Crippen molar-refractivity contribution >= 4 is 43.2 Å². The summed E-state index contributed by atoms with van der Waals surface area (Å²) in [7, 11) is -2.00. The Hall–Kier alpha value is -2.06. The molecule has 0 heterocycles. The van der Waals surface area contributed by atoms with Gasteiger partial charge in [-0.3, -0.25) is 9.52 Å². The second-order valence-corrected chi connectivity index (χ2v) is 9.04. The van der Waals surface area contributed by atoms with E-state index in [2.05, 4.69) is 26.0 Å². The van der Waals surface area contributed by atoms with E-state index in [-0.39, 0.29) is 5.91 Å². The van der Waals surface area contributed by atoms with E-state index in [0.717, 1.165) is 16.3 Å². The van der Waals surface area contributed by atoms with E-state index in [1.807, 2.05) is 38.1 Å². The first kappa shape index (κ1) is 20.3. The zero-order valence-electron chi connectivity index (χ0n) is 15.0. The van der Waals surface area contributed by atoms with Crippen molar-refractivity contribution in [3.8, 4) is 5.75 Å². The van der Waals surface area contributed by atoms with Crippen molar-refractivity contribution in [1.82, 2.24) is 0 Å². The third-order valence-corrected chi connectivity index (χ3v) is 5.01. The molecule has 0 bridgehead atoms. The molecule has 0 aliphatic heterocycles. The molecule has 8 heteroatoms. The minimum absolute atomic E-state index is 0.189. The molecule has 26 heavy (non-hydrogen) atoms. The number of benzene rings is 2. The van der Waals surface area contributed by atoms with Crippen LogP contribution >= 0.6 is 15.9 Å². The lowest BCUT2D eigenvalue weighted by Crippen LogP contribution is -2.34. The Morgan fingerprint density at radius 2 is 1.73 bits per heavy atom. The van der Waals surface area contributed by atoms with Crippen LogP contribution in [0.5, 0.6) is 5.75 Å². The molecular weight excluding hydrogens is 420 g/mol. The number of amides is 1. The highest BCUT2D eigenvalue weighted by atomic mass is 79.9. The number of nitrogens with one attached hydrogen (secondary N) is 2. The molecule has 0 radical (unpaired) electrons. The van der Waals surface area contributed by atoms with Crippen LogP contribution in [-0.2, 0) is 20.2 Å². The van der Waals surface area contributed by atoms with Gasteiger partial charge in [0.1, 0.15) is 5.75 Å². The van der Waals surface area contributed by atoms with Crippen LogP contribution in [0.15, 0.2) is 46.9 Å². The van der Waals surface area contributed by atoms with E-state index < -0.39 is 15.4 Å². The Morgan fingerprint density at radius 1 is 1.12 bits per heavy atom. The predicted octanol–water partition coefficient (Wildman–Crippen LogP) is 3.75. The molecule has 0 unspecified atom stereocenters. The van der Waals surface area contributed by atoms with Gasteiger partial charge in [-0.25, -0.2) is 8.42 Å². The van der Waals surface area contributed by atoms with Gasteiger partial charge in [0.05, 0.1) is 24.5 Å². The molecule has 6 nitrogen and oxygen atoms in total. The molecule has 0 aliphatic rings. The fraction of sp³-hybridized carbons (Fsp3) is 0.278. The van der Waals surface area contributed by atoms with Crippen LogP contribution in [0.25, 0.3) is 0 Å². The van der Waals surface area contributed by atoms with Crippen molar-refractivity contribution in [3.05, 3.63) is 52.5 Å². The van der Waals surface area contributed by atoms with E-state index in [1.165, 1.54) is 7.11 Å². The van der Waals surface area contributed by atoms with Crippen molar-refractivity contribution in [2.75, 3.05) is 23.4 Å². The summed E-state index contributed by atoms with van der Waals surface area (Å²) in [4.78, 5) is 12.8. The normalized spacial score (nSPS) is 11.7. The van der Waals surface area contributed by atoms with Gasteiger partial charge in [-0.2, -0.15) is 0 Å². The molecule has 0 aliphatic carbocycles. The van der Waals surface area contributed by atoms with Crippen LogP contribution < -0.4 is 14.8 Å². The van der Waals surface area contributed by atoms with Crippen LogP contribution in [0, 0.1) is 0 Å². The number of carbonyl (C=O) groups excluding carboxylic acids is 1. The standard InChI is InChI=1S/C18H21BrN2O4S/c1-18(2,12-5-7-13(19)8-6-12)17(22)20-14-9-10-15(16(11-14)25-3)21-26(4,23)24/h5-11,21H,1-4H3,(H,20,22). The summed E-state index contributed by atoms with van der Waals surface area (Å²) in [5.74, 6) is 0.125. The largest absolute Gasteiger partial charge is 0.494 e. The zero-order chi connectivity index (χ0) is 19.5. The van der Waals surface area contributed by atoms with E-state index in [4.69, 9.17) is 4.74 Å². The topological polar surface area (TPSA) is 84.5 Å². The molecular formula is C18H21BrN2O4S. The first-order valence-electron chi connectivity index (χ1n) is 7.76. The Bertz CT molecular complexity index is 909. The number of sulfonamides is 1. The second-order valence-electron chi connectivity index (χ2n) is 6.38. The number of anilines is 2. The van der Waals surface area contributed by atoms with Crippen LogP contribution in [0.1, 0.15) is 19.4 Å². The summed E-state index contributed by atoms with van der Waals surface area (Å²) < 4.78 is 31.3. The predicted molar refractivity (Wildman–Crippen MR) is 107 cm³/mol. The molecule has 0 aromatic heterocycles. The van der Waals surface area contributed by atoms with Gasteiger partial charge in [0.2, 0.25) is 15.9 Å². The molecule has 0 atom stereocenters. The highest BCUT2D eigenvalue weighted by Crippen LogP contribution is 2.31. The van der Waals surface area contributed by atoms with Crippen molar-refractivity contribution in [1.29, 1.82) is 0 Å². The summed E-state index contributed by atoms with van der Waals surface area (Å²) in [6.45, 7) is 3.67. The second kappa shape index (κ2) is 7.67. The van der Waals surface area contributed by atoms with E-state index in [1.54, 1.807) is 18.2 Å². The molecule has 0 fully saturated rings. The molecule has 0 saturated heterocycles. The summed E-state index contributed by atoms with van der Waals surface area (Å²) in [5, 5.41) is 2.85. The lowest BCUT2D eigenvalue weighted by molar-refractivity contribution is -0.120. The third kappa shape index (κ3) is 4.98. The maximum atomic E-state index is 12.8. The number of ether oxygens (including phenoxy) is 1. The van der Waals surface area contributed by atoms with Crippen LogP contribution in [0.2, 0.25) is 0 Å². The first-order valence-corrected chi connectivity index (χ1v) is 10.4. The molecule has 2 aromatic carbocycles.